The predicted octanol–water partition coefficient (Wildman–Crippen LogP) is 3.59. The summed E-state index contributed by atoms with van der Waals surface area (Å²) in [6.07, 6.45) is 10.8. The molecule has 1 N–H and O–H groups in total. The summed E-state index contributed by atoms with van der Waals surface area (Å²) < 4.78 is 5.25. The van der Waals surface area contributed by atoms with E-state index in [0.29, 0.717) is 25.0 Å². The Bertz CT molecular complexity index is 989. The first-order valence-electron chi connectivity index (χ1n) is 13.7. The summed E-state index contributed by atoms with van der Waals surface area (Å²) in [5.74, 6) is -0.658. The number of carbonyl (C=O) groups is 4. The molecule has 200 valence electrons. The predicted molar refractivity (Wildman–Crippen MR) is 139 cm³/mol. The second kappa shape index (κ2) is 12.4. The summed E-state index contributed by atoms with van der Waals surface area (Å²) in [4.78, 5) is 55.6. The van der Waals surface area contributed by atoms with Gasteiger partial charge in [0, 0.05) is 25.6 Å². The lowest BCUT2D eigenvalue weighted by molar-refractivity contribution is -0.144. The van der Waals surface area contributed by atoms with Crippen molar-refractivity contribution in [2.45, 2.75) is 83.3 Å². The first-order chi connectivity index (χ1) is 17.9. The minimum absolute atomic E-state index is 0.00624. The summed E-state index contributed by atoms with van der Waals surface area (Å²) in [5.41, 5.74) is 0.878. The van der Waals surface area contributed by atoms with Gasteiger partial charge in [-0.15, -0.1) is 0 Å². The Morgan fingerprint density at radius 3 is 2.22 bits per heavy atom. The first-order valence-corrected chi connectivity index (χ1v) is 13.7. The van der Waals surface area contributed by atoms with Crippen molar-refractivity contribution in [2.75, 3.05) is 13.7 Å². The summed E-state index contributed by atoms with van der Waals surface area (Å²) >= 11 is 0. The van der Waals surface area contributed by atoms with E-state index in [1.54, 1.807) is 12.0 Å². The number of carbonyl (C=O) groups excluding carboxylic acids is 4. The zero-order chi connectivity index (χ0) is 26.4. The number of allylic oxidation sites excluding steroid dienone is 2. The number of nitrogens with one attached hydrogen (secondary N) is 1. The second-order valence-corrected chi connectivity index (χ2v) is 10.4. The van der Waals surface area contributed by atoms with E-state index in [1.165, 1.54) is 11.3 Å². The average Bonchev–Trinajstić information content (AvgIpc) is 3.17. The third-order valence-corrected chi connectivity index (χ3v) is 8.00. The molecule has 8 heteroatoms. The van der Waals surface area contributed by atoms with Crippen LogP contribution in [0.1, 0.15) is 70.3 Å². The van der Waals surface area contributed by atoms with E-state index < -0.39 is 6.04 Å². The van der Waals surface area contributed by atoms with Crippen molar-refractivity contribution in [1.29, 1.82) is 0 Å². The standard InChI is InChI=1S/C29H39N3O5/c1-3-25(27(34)30-21-9-5-4-6-10-21)32(19-20-13-15-22(37-2)16-14-20)26(33)17-18-31-28(35)23-11-7-8-12-24(23)29(31)36/h7-8,13-16,21,23-25H,3-6,9-12,17-19H2,1-2H3,(H,30,34)/t23-,24+,25-/m0/s1. The minimum Gasteiger partial charge on any atom is -0.497 e. The van der Waals surface area contributed by atoms with Crippen molar-refractivity contribution < 1.29 is 23.9 Å². The SMILES string of the molecule is CC[C@@H](C(=O)NC1CCCCC1)N(Cc1ccc(OC)cc1)C(=O)CCN1C(=O)[C@H]2CC=CC[C@H]2C1=O. The van der Waals surface area contributed by atoms with Crippen LogP contribution in [-0.2, 0) is 25.7 Å². The van der Waals surface area contributed by atoms with Crippen molar-refractivity contribution in [3.63, 3.8) is 0 Å². The molecule has 4 amide bonds. The maximum Gasteiger partial charge on any atom is 0.243 e. The summed E-state index contributed by atoms with van der Waals surface area (Å²) in [6.45, 7) is 2.21. The number of rotatable bonds is 10. The molecule has 1 aromatic carbocycles. The van der Waals surface area contributed by atoms with Gasteiger partial charge in [-0.3, -0.25) is 24.1 Å². The van der Waals surface area contributed by atoms with Crippen molar-refractivity contribution in [1.82, 2.24) is 15.1 Å². The summed E-state index contributed by atoms with van der Waals surface area (Å²) in [6, 6.07) is 6.95. The van der Waals surface area contributed by atoms with E-state index in [0.717, 1.165) is 31.2 Å². The van der Waals surface area contributed by atoms with Crippen LogP contribution in [0.5, 0.6) is 5.75 Å². The van der Waals surface area contributed by atoms with E-state index in [-0.39, 0.29) is 61.0 Å². The van der Waals surface area contributed by atoms with E-state index >= 15 is 0 Å². The molecule has 0 aromatic heterocycles. The van der Waals surface area contributed by atoms with Gasteiger partial charge in [0.05, 0.1) is 18.9 Å². The van der Waals surface area contributed by atoms with Gasteiger partial charge in [0.15, 0.2) is 0 Å². The Morgan fingerprint density at radius 1 is 1.03 bits per heavy atom. The van der Waals surface area contributed by atoms with Gasteiger partial charge in [0.1, 0.15) is 11.8 Å². The number of amides is 4. The zero-order valence-corrected chi connectivity index (χ0v) is 22.0. The minimum atomic E-state index is -0.631. The highest BCUT2D eigenvalue weighted by Gasteiger charge is 2.47. The Labute approximate surface area is 219 Å². The average molecular weight is 510 g/mol. The Balaban J connectivity index is 1.48. The molecule has 0 bridgehead atoms. The second-order valence-electron chi connectivity index (χ2n) is 10.4. The van der Waals surface area contributed by atoms with Gasteiger partial charge in [-0.1, -0.05) is 50.5 Å². The van der Waals surface area contributed by atoms with Crippen LogP contribution in [-0.4, -0.2) is 59.2 Å². The monoisotopic (exact) mass is 509 g/mol. The number of ether oxygens (including phenoxy) is 1. The summed E-state index contributed by atoms with van der Waals surface area (Å²) in [7, 11) is 1.60. The highest BCUT2D eigenvalue weighted by atomic mass is 16.5. The van der Waals surface area contributed by atoms with Crippen LogP contribution in [0.4, 0.5) is 0 Å². The molecule has 0 unspecified atom stereocenters. The van der Waals surface area contributed by atoms with Gasteiger partial charge in [-0.05, 0) is 49.8 Å². The van der Waals surface area contributed by atoms with Crippen LogP contribution in [0, 0.1) is 11.8 Å². The third-order valence-electron chi connectivity index (χ3n) is 8.00. The van der Waals surface area contributed by atoms with E-state index in [1.807, 2.05) is 43.3 Å². The molecule has 37 heavy (non-hydrogen) atoms. The number of hydrogen-bond donors (Lipinski definition) is 1. The number of hydrogen-bond acceptors (Lipinski definition) is 5. The van der Waals surface area contributed by atoms with Crippen molar-refractivity contribution in [3.05, 3.63) is 42.0 Å². The van der Waals surface area contributed by atoms with Gasteiger partial charge >= 0.3 is 0 Å². The van der Waals surface area contributed by atoms with Crippen LogP contribution in [0.2, 0.25) is 0 Å². The molecule has 1 saturated heterocycles. The van der Waals surface area contributed by atoms with Crippen LogP contribution >= 0.6 is 0 Å². The van der Waals surface area contributed by atoms with Gasteiger partial charge in [0.2, 0.25) is 23.6 Å². The van der Waals surface area contributed by atoms with E-state index in [2.05, 4.69) is 5.32 Å². The molecule has 2 aliphatic carbocycles. The zero-order valence-electron chi connectivity index (χ0n) is 22.0. The number of likely N-dealkylation sites (tertiary alicyclic amines) is 1. The molecule has 1 saturated carbocycles. The van der Waals surface area contributed by atoms with Crippen molar-refractivity contribution in [3.8, 4) is 5.75 Å². The quantitative estimate of drug-likeness (QED) is 0.384. The Hall–Kier alpha value is -3.16. The van der Waals surface area contributed by atoms with Crippen molar-refractivity contribution in [2.24, 2.45) is 11.8 Å². The fourth-order valence-corrected chi connectivity index (χ4v) is 5.83. The number of nitrogens with zero attached hydrogens (tertiary/aromatic N) is 2. The Kier molecular flexibility index (Phi) is 9.00. The van der Waals surface area contributed by atoms with Crippen LogP contribution < -0.4 is 10.1 Å². The first kappa shape index (κ1) is 26.9. The molecule has 4 rings (SSSR count). The molecule has 3 atom stereocenters. The lowest BCUT2D eigenvalue weighted by atomic mass is 9.85. The number of fused-ring (bicyclic) bond motifs is 1. The molecule has 0 spiro atoms. The van der Waals surface area contributed by atoms with Gasteiger partial charge in [-0.25, -0.2) is 0 Å². The van der Waals surface area contributed by atoms with Crippen LogP contribution in [0.25, 0.3) is 0 Å². The fraction of sp³-hybridized carbons (Fsp3) is 0.586. The number of benzene rings is 1. The lowest BCUT2D eigenvalue weighted by Gasteiger charge is -2.33. The van der Waals surface area contributed by atoms with Crippen molar-refractivity contribution >= 4 is 23.6 Å². The smallest absolute Gasteiger partial charge is 0.243 e. The lowest BCUT2D eigenvalue weighted by Crippen LogP contribution is -2.52. The molecule has 2 fully saturated rings. The van der Waals surface area contributed by atoms with Crippen LogP contribution in [0.3, 0.4) is 0 Å². The fourth-order valence-electron chi connectivity index (χ4n) is 5.83. The molecule has 1 aliphatic heterocycles. The molecule has 0 radical (unpaired) electrons. The van der Waals surface area contributed by atoms with Crippen LogP contribution in [0.15, 0.2) is 36.4 Å². The topological polar surface area (TPSA) is 96.0 Å². The van der Waals surface area contributed by atoms with Gasteiger partial charge in [0.25, 0.3) is 0 Å². The maximum absolute atomic E-state index is 13.6. The van der Waals surface area contributed by atoms with Gasteiger partial charge < -0.3 is 15.0 Å². The molecular weight excluding hydrogens is 470 g/mol. The maximum atomic E-state index is 13.6. The highest BCUT2D eigenvalue weighted by molar-refractivity contribution is 6.05. The number of imide groups is 1. The molecular formula is C29H39N3O5. The Morgan fingerprint density at radius 2 is 1.65 bits per heavy atom. The largest absolute Gasteiger partial charge is 0.497 e. The number of methoxy groups -OCH3 is 1. The highest BCUT2D eigenvalue weighted by Crippen LogP contribution is 2.35. The molecule has 1 heterocycles. The summed E-state index contributed by atoms with van der Waals surface area (Å²) in [5, 5.41) is 3.18. The van der Waals surface area contributed by atoms with E-state index in [4.69, 9.17) is 4.74 Å². The molecule has 8 nitrogen and oxygen atoms in total. The molecule has 3 aliphatic rings. The molecule has 1 aromatic rings. The third kappa shape index (κ3) is 6.22. The van der Waals surface area contributed by atoms with E-state index in [9.17, 15) is 19.2 Å². The normalized spacial score (nSPS) is 22.5. The van der Waals surface area contributed by atoms with Gasteiger partial charge in [-0.2, -0.15) is 0 Å².